The molecule has 102 valence electrons. The van der Waals surface area contributed by atoms with Crippen LogP contribution >= 0.6 is 0 Å². The summed E-state index contributed by atoms with van der Waals surface area (Å²) in [4.78, 5) is 14.3. The SMILES string of the molecule is C=CC(=O)N1CCCn2cccc2C12CCOCC2. The van der Waals surface area contributed by atoms with Gasteiger partial charge in [0, 0.05) is 38.2 Å². The maximum atomic E-state index is 12.3. The van der Waals surface area contributed by atoms with E-state index in [2.05, 4.69) is 29.5 Å². The van der Waals surface area contributed by atoms with Gasteiger partial charge in [-0.05, 0) is 37.5 Å². The summed E-state index contributed by atoms with van der Waals surface area (Å²) in [6.45, 7) is 6.86. The highest BCUT2D eigenvalue weighted by Gasteiger charge is 2.44. The van der Waals surface area contributed by atoms with Crippen molar-refractivity contribution in [3.05, 3.63) is 36.7 Å². The number of rotatable bonds is 1. The zero-order valence-electron chi connectivity index (χ0n) is 11.2. The van der Waals surface area contributed by atoms with E-state index in [4.69, 9.17) is 4.74 Å². The van der Waals surface area contributed by atoms with Crippen LogP contribution in [0.3, 0.4) is 0 Å². The monoisotopic (exact) mass is 260 g/mol. The highest BCUT2D eigenvalue weighted by molar-refractivity contribution is 5.87. The van der Waals surface area contributed by atoms with Crippen molar-refractivity contribution >= 4 is 5.91 Å². The molecule has 4 heteroatoms. The predicted molar refractivity (Wildman–Crippen MR) is 72.7 cm³/mol. The summed E-state index contributed by atoms with van der Waals surface area (Å²) in [7, 11) is 0. The van der Waals surface area contributed by atoms with Crippen molar-refractivity contribution in [3.63, 3.8) is 0 Å². The molecule has 1 aromatic rings. The average Bonchev–Trinajstić information content (AvgIpc) is 2.88. The third-order valence-corrected chi connectivity index (χ3v) is 4.36. The zero-order valence-corrected chi connectivity index (χ0v) is 11.2. The van der Waals surface area contributed by atoms with E-state index in [-0.39, 0.29) is 11.4 Å². The minimum Gasteiger partial charge on any atom is -0.381 e. The van der Waals surface area contributed by atoms with Crippen molar-refractivity contribution < 1.29 is 9.53 Å². The zero-order chi connectivity index (χ0) is 13.3. The van der Waals surface area contributed by atoms with E-state index < -0.39 is 0 Å². The number of aromatic nitrogens is 1. The molecule has 3 rings (SSSR count). The summed E-state index contributed by atoms with van der Waals surface area (Å²) in [6.07, 6.45) is 6.29. The number of nitrogens with zero attached hydrogens (tertiary/aromatic N) is 2. The number of carbonyl (C=O) groups is 1. The lowest BCUT2D eigenvalue weighted by Crippen LogP contribution is -2.52. The van der Waals surface area contributed by atoms with Gasteiger partial charge in [0.15, 0.2) is 0 Å². The Morgan fingerprint density at radius 1 is 1.37 bits per heavy atom. The lowest BCUT2D eigenvalue weighted by molar-refractivity contribution is -0.137. The molecule has 0 unspecified atom stereocenters. The number of fused-ring (bicyclic) bond motifs is 2. The molecule has 2 aliphatic rings. The molecule has 1 saturated heterocycles. The molecule has 3 heterocycles. The van der Waals surface area contributed by atoms with E-state index in [0.717, 1.165) is 32.4 Å². The molecule has 0 bridgehead atoms. The van der Waals surface area contributed by atoms with E-state index in [1.54, 1.807) is 0 Å². The molecule has 0 atom stereocenters. The third-order valence-electron chi connectivity index (χ3n) is 4.36. The number of amides is 1. The molecular weight excluding hydrogens is 240 g/mol. The number of carbonyl (C=O) groups excluding carboxylic acids is 1. The second-order valence-corrected chi connectivity index (χ2v) is 5.28. The van der Waals surface area contributed by atoms with Crippen molar-refractivity contribution in [1.82, 2.24) is 9.47 Å². The summed E-state index contributed by atoms with van der Waals surface area (Å²) in [6, 6.07) is 4.23. The van der Waals surface area contributed by atoms with Crippen LogP contribution in [0, 0.1) is 0 Å². The molecular formula is C15H20N2O2. The van der Waals surface area contributed by atoms with Crippen molar-refractivity contribution in [2.24, 2.45) is 0 Å². The average molecular weight is 260 g/mol. The molecule has 1 fully saturated rings. The van der Waals surface area contributed by atoms with Crippen LogP contribution in [0.1, 0.15) is 25.0 Å². The van der Waals surface area contributed by atoms with Crippen molar-refractivity contribution in [3.8, 4) is 0 Å². The Balaban J connectivity index is 2.09. The summed E-state index contributed by atoms with van der Waals surface area (Å²) in [5.41, 5.74) is 1.05. The first kappa shape index (κ1) is 12.5. The molecule has 1 spiro atoms. The van der Waals surface area contributed by atoms with E-state index in [1.807, 2.05) is 4.90 Å². The first-order valence-corrected chi connectivity index (χ1v) is 6.95. The topological polar surface area (TPSA) is 34.5 Å². The predicted octanol–water partition coefficient (Wildman–Crippen LogP) is 1.91. The van der Waals surface area contributed by atoms with Gasteiger partial charge in [0.25, 0.3) is 0 Å². The minimum absolute atomic E-state index is 0.0385. The van der Waals surface area contributed by atoms with Crippen molar-refractivity contribution in [2.45, 2.75) is 31.3 Å². The largest absolute Gasteiger partial charge is 0.381 e. The molecule has 2 aliphatic heterocycles. The number of hydrogen-bond acceptors (Lipinski definition) is 2. The van der Waals surface area contributed by atoms with Gasteiger partial charge in [0.05, 0.1) is 5.54 Å². The fourth-order valence-corrected chi connectivity index (χ4v) is 3.45. The summed E-state index contributed by atoms with van der Waals surface area (Å²) < 4.78 is 7.81. The van der Waals surface area contributed by atoms with Crippen LogP contribution in [0.15, 0.2) is 31.0 Å². The number of ether oxygens (including phenoxy) is 1. The first-order chi connectivity index (χ1) is 9.28. The summed E-state index contributed by atoms with van der Waals surface area (Å²) in [5.74, 6) is 0.0385. The Labute approximate surface area is 113 Å². The van der Waals surface area contributed by atoms with Crippen LogP contribution in [0.5, 0.6) is 0 Å². The fraction of sp³-hybridized carbons (Fsp3) is 0.533. The Morgan fingerprint density at radius 2 is 2.16 bits per heavy atom. The molecule has 4 nitrogen and oxygen atoms in total. The fourth-order valence-electron chi connectivity index (χ4n) is 3.45. The second kappa shape index (κ2) is 4.85. The lowest BCUT2D eigenvalue weighted by Gasteiger charge is -2.45. The molecule has 0 radical (unpaired) electrons. The molecule has 1 aromatic heterocycles. The van der Waals surface area contributed by atoms with Crippen LogP contribution in [-0.2, 0) is 21.6 Å². The summed E-state index contributed by atoms with van der Waals surface area (Å²) >= 11 is 0. The maximum Gasteiger partial charge on any atom is 0.246 e. The van der Waals surface area contributed by atoms with Gasteiger partial charge in [0.1, 0.15) is 0 Å². The second-order valence-electron chi connectivity index (χ2n) is 5.28. The Hall–Kier alpha value is -1.55. The van der Waals surface area contributed by atoms with Crippen LogP contribution in [-0.4, -0.2) is 35.1 Å². The van der Waals surface area contributed by atoms with Crippen LogP contribution in [0.25, 0.3) is 0 Å². The van der Waals surface area contributed by atoms with Gasteiger partial charge in [-0.1, -0.05) is 6.58 Å². The highest BCUT2D eigenvalue weighted by atomic mass is 16.5. The molecule has 1 amide bonds. The van der Waals surface area contributed by atoms with Gasteiger partial charge in [0.2, 0.25) is 5.91 Å². The van der Waals surface area contributed by atoms with E-state index in [1.165, 1.54) is 11.8 Å². The van der Waals surface area contributed by atoms with Crippen LogP contribution in [0.2, 0.25) is 0 Å². The molecule has 0 N–H and O–H groups in total. The van der Waals surface area contributed by atoms with Gasteiger partial charge in [-0.2, -0.15) is 0 Å². The molecule has 19 heavy (non-hydrogen) atoms. The van der Waals surface area contributed by atoms with Crippen molar-refractivity contribution in [1.29, 1.82) is 0 Å². The first-order valence-electron chi connectivity index (χ1n) is 6.95. The van der Waals surface area contributed by atoms with Gasteiger partial charge in [-0.15, -0.1) is 0 Å². The van der Waals surface area contributed by atoms with Gasteiger partial charge < -0.3 is 14.2 Å². The molecule has 0 saturated carbocycles. The highest BCUT2D eigenvalue weighted by Crippen LogP contribution is 2.40. The molecule has 0 aliphatic carbocycles. The standard InChI is InChI=1S/C15H20N2O2/c1-2-14(18)17-10-4-9-16-8-3-5-13(16)15(17)6-11-19-12-7-15/h2-3,5,8H,1,4,6-7,9-12H2. The number of aryl methyl sites for hydroxylation is 1. The van der Waals surface area contributed by atoms with Crippen molar-refractivity contribution in [2.75, 3.05) is 19.8 Å². The van der Waals surface area contributed by atoms with Gasteiger partial charge in [-0.25, -0.2) is 0 Å². The Morgan fingerprint density at radius 3 is 2.89 bits per heavy atom. The quantitative estimate of drug-likeness (QED) is 0.723. The maximum absolute atomic E-state index is 12.3. The minimum atomic E-state index is -0.205. The lowest BCUT2D eigenvalue weighted by atomic mass is 9.84. The van der Waals surface area contributed by atoms with Gasteiger partial charge in [-0.3, -0.25) is 4.79 Å². The Kier molecular flexibility index (Phi) is 3.19. The van der Waals surface area contributed by atoms with E-state index >= 15 is 0 Å². The third kappa shape index (κ3) is 1.91. The summed E-state index contributed by atoms with van der Waals surface area (Å²) in [5, 5.41) is 0. The van der Waals surface area contributed by atoms with E-state index in [9.17, 15) is 4.79 Å². The molecule has 0 aromatic carbocycles. The van der Waals surface area contributed by atoms with Crippen LogP contribution in [0.4, 0.5) is 0 Å². The normalized spacial score (nSPS) is 21.8. The number of hydrogen-bond donors (Lipinski definition) is 0. The van der Waals surface area contributed by atoms with E-state index in [0.29, 0.717) is 13.2 Å². The van der Waals surface area contributed by atoms with Crippen LogP contribution < -0.4 is 0 Å². The Bertz CT molecular complexity index is 486. The smallest absolute Gasteiger partial charge is 0.246 e. The van der Waals surface area contributed by atoms with Gasteiger partial charge >= 0.3 is 0 Å².